The molecule has 2 heteroatoms. The minimum atomic E-state index is -0.605. The smallest absolute Gasteiger partial charge is 0.309 e. The molecule has 0 bridgehead atoms. The number of carboxylic acids is 1. The van der Waals surface area contributed by atoms with Gasteiger partial charge in [0.25, 0.3) is 0 Å². The number of carboxylic acid groups (broad SMARTS) is 1. The Labute approximate surface area is 115 Å². The lowest BCUT2D eigenvalue weighted by molar-refractivity contribution is -0.148. The molecule has 0 radical (unpaired) electrons. The largest absolute Gasteiger partial charge is 0.481 e. The second-order valence-corrected chi connectivity index (χ2v) is 6.15. The third-order valence-corrected chi connectivity index (χ3v) is 4.90. The summed E-state index contributed by atoms with van der Waals surface area (Å²) in [7, 11) is 0. The Morgan fingerprint density at radius 3 is 2.47 bits per heavy atom. The molecule has 0 spiro atoms. The van der Waals surface area contributed by atoms with Gasteiger partial charge in [-0.2, -0.15) is 0 Å². The normalized spacial score (nSPS) is 26.6. The Morgan fingerprint density at radius 2 is 2.00 bits per heavy atom. The Bertz CT molecular complexity index is 458. The first-order chi connectivity index (χ1) is 8.98. The van der Waals surface area contributed by atoms with Gasteiger partial charge in [-0.05, 0) is 62.1 Å². The van der Waals surface area contributed by atoms with Crippen LogP contribution in [0.5, 0.6) is 0 Å². The molecular weight excluding hydrogens is 236 g/mol. The van der Waals surface area contributed by atoms with Gasteiger partial charge in [-0.15, -0.1) is 0 Å². The van der Waals surface area contributed by atoms with Crippen LogP contribution in [0.1, 0.15) is 49.3 Å². The molecule has 104 valence electrons. The number of hydrogen-bond donors (Lipinski definition) is 1. The Hall–Kier alpha value is -1.31. The molecule has 1 aromatic carbocycles. The molecule has 0 aliphatic heterocycles. The topological polar surface area (TPSA) is 37.3 Å². The van der Waals surface area contributed by atoms with E-state index in [9.17, 15) is 9.90 Å². The lowest BCUT2D eigenvalue weighted by Crippen LogP contribution is -2.31. The van der Waals surface area contributed by atoms with Gasteiger partial charge in [0, 0.05) is 0 Å². The summed E-state index contributed by atoms with van der Waals surface area (Å²) in [5.74, 6) is -0.0217. The van der Waals surface area contributed by atoms with Crippen molar-refractivity contribution in [3.05, 3.63) is 34.9 Å². The molecule has 2 unspecified atom stereocenters. The minimum absolute atomic E-state index is 0.530. The summed E-state index contributed by atoms with van der Waals surface area (Å²) in [5, 5.41) is 9.72. The molecule has 1 aliphatic carbocycles. The lowest BCUT2D eigenvalue weighted by Gasteiger charge is -2.26. The fraction of sp³-hybridized carbons (Fsp3) is 0.588. The maximum Gasteiger partial charge on any atom is 0.309 e. The maximum absolute atomic E-state index is 11.8. The monoisotopic (exact) mass is 260 g/mol. The van der Waals surface area contributed by atoms with E-state index in [1.807, 2.05) is 6.07 Å². The molecule has 2 nitrogen and oxygen atoms in total. The Morgan fingerprint density at radius 1 is 1.37 bits per heavy atom. The molecule has 0 saturated heterocycles. The zero-order chi connectivity index (χ0) is 14.0. The minimum Gasteiger partial charge on any atom is -0.481 e. The van der Waals surface area contributed by atoms with Crippen molar-refractivity contribution in [2.45, 2.75) is 52.9 Å². The first kappa shape index (κ1) is 14.1. The van der Waals surface area contributed by atoms with Crippen LogP contribution in [0.2, 0.25) is 0 Å². The van der Waals surface area contributed by atoms with Crippen molar-refractivity contribution in [3.8, 4) is 0 Å². The quantitative estimate of drug-likeness (QED) is 0.884. The van der Waals surface area contributed by atoms with Crippen LogP contribution in [-0.2, 0) is 11.2 Å². The molecular formula is C17H24O2. The summed E-state index contributed by atoms with van der Waals surface area (Å²) in [4.78, 5) is 11.8. The van der Waals surface area contributed by atoms with Crippen LogP contribution in [0, 0.1) is 25.2 Å². The highest BCUT2D eigenvalue weighted by Crippen LogP contribution is 2.46. The van der Waals surface area contributed by atoms with E-state index in [0.29, 0.717) is 12.3 Å². The van der Waals surface area contributed by atoms with Gasteiger partial charge in [0.1, 0.15) is 0 Å². The van der Waals surface area contributed by atoms with Crippen LogP contribution in [0.4, 0.5) is 0 Å². The predicted molar refractivity (Wildman–Crippen MR) is 77.3 cm³/mol. The van der Waals surface area contributed by atoms with Crippen LogP contribution < -0.4 is 0 Å². The highest BCUT2D eigenvalue weighted by Gasteiger charge is 2.45. The second kappa shape index (κ2) is 5.36. The maximum atomic E-state index is 11.8. The molecule has 1 fully saturated rings. The molecule has 1 aliphatic rings. The van der Waals surface area contributed by atoms with Gasteiger partial charge in [0.05, 0.1) is 5.41 Å². The van der Waals surface area contributed by atoms with Gasteiger partial charge in [-0.1, -0.05) is 31.5 Å². The van der Waals surface area contributed by atoms with Crippen molar-refractivity contribution < 1.29 is 9.90 Å². The molecule has 2 rings (SSSR count). The van der Waals surface area contributed by atoms with Gasteiger partial charge in [0.15, 0.2) is 0 Å². The average molecular weight is 260 g/mol. The number of aryl methyl sites for hydroxylation is 2. The Kier molecular flexibility index (Phi) is 3.98. The van der Waals surface area contributed by atoms with Gasteiger partial charge in [0.2, 0.25) is 0 Å². The van der Waals surface area contributed by atoms with Gasteiger partial charge in [-0.25, -0.2) is 0 Å². The van der Waals surface area contributed by atoms with E-state index in [0.717, 1.165) is 25.7 Å². The summed E-state index contributed by atoms with van der Waals surface area (Å²) >= 11 is 0. The van der Waals surface area contributed by atoms with E-state index in [1.54, 1.807) is 0 Å². The fourth-order valence-electron chi connectivity index (χ4n) is 3.48. The summed E-state index contributed by atoms with van der Waals surface area (Å²) in [6, 6.07) is 6.22. The van der Waals surface area contributed by atoms with Crippen molar-refractivity contribution in [2.24, 2.45) is 11.3 Å². The van der Waals surface area contributed by atoms with Gasteiger partial charge in [-0.3, -0.25) is 4.79 Å². The summed E-state index contributed by atoms with van der Waals surface area (Å²) in [6.45, 7) is 6.34. The number of rotatable bonds is 4. The van der Waals surface area contributed by atoms with Crippen molar-refractivity contribution in [1.82, 2.24) is 0 Å². The molecule has 19 heavy (non-hydrogen) atoms. The third kappa shape index (κ3) is 2.68. The first-order valence-corrected chi connectivity index (χ1v) is 7.27. The van der Waals surface area contributed by atoms with Crippen molar-refractivity contribution in [2.75, 3.05) is 0 Å². The van der Waals surface area contributed by atoms with Crippen LogP contribution in [0.15, 0.2) is 18.2 Å². The van der Waals surface area contributed by atoms with Crippen molar-refractivity contribution in [3.63, 3.8) is 0 Å². The van der Waals surface area contributed by atoms with Crippen LogP contribution >= 0.6 is 0 Å². The van der Waals surface area contributed by atoms with E-state index in [1.165, 1.54) is 16.7 Å². The van der Waals surface area contributed by atoms with Gasteiger partial charge < -0.3 is 5.11 Å². The second-order valence-electron chi connectivity index (χ2n) is 6.15. The molecule has 2 atom stereocenters. The molecule has 0 aromatic heterocycles. The van der Waals surface area contributed by atoms with Crippen molar-refractivity contribution >= 4 is 5.97 Å². The number of hydrogen-bond acceptors (Lipinski definition) is 1. The SMILES string of the molecule is CCC1CCC(Cc2c(C)cccc2C)(C(=O)O)C1. The van der Waals surface area contributed by atoms with Crippen LogP contribution in [-0.4, -0.2) is 11.1 Å². The summed E-state index contributed by atoms with van der Waals surface area (Å²) in [5.41, 5.74) is 3.15. The molecule has 1 saturated carbocycles. The van der Waals surface area contributed by atoms with E-state index in [-0.39, 0.29) is 0 Å². The zero-order valence-corrected chi connectivity index (χ0v) is 12.2. The van der Waals surface area contributed by atoms with Gasteiger partial charge >= 0.3 is 5.97 Å². The lowest BCUT2D eigenvalue weighted by atomic mass is 9.77. The molecule has 0 heterocycles. The average Bonchev–Trinajstić information content (AvgIpc) is 2.79. The zero-order valence-electron chi connectivity index (χ0n) is 12.2. The van der Waals surface area contributed by atoms with Crippen molar-refractivity contribution in [1.29, 1.82) is 0 Å². The molecule has 0 amide bonds. The fourth-order valence-corrected chi connectivity index (χ4v) is 3.48. The standard InChI is InChI=1S/C17H24O2/c1-4-14-8-9-17(10-14,16(18)19)11-15-12(2)6-5-7-13(15)3/h5-7,14H,4,8-11H2,1-3H3,(H,18,19). The van der Waals surface area contributed by atoms with E-state index in [4.69, 9.17) is 0 Å². The first-order valence-electron chi connectivity index (χ1n) is 7.27. The highest BCUT2D eigenvalue weighted by molar-refractivity contribution is 5.75. The van der Waals surface area contributed by atoms with Crippen LogP contribution in [0.25, 0.3) is 0 Å². The number of benzene rings is 1. The Balaban J connectivity index is 2.30. The van der Waals surface area contributed by atoms with Crippen LogP contribution in [0.3, 0.4) is 0 Å². The van der Waals surface area contributed by atoms with E-state index >= 15 is 0 Å². The molecule has 1 aromatic rings. The number of aliphatic carboxylic acids is 1. The highest BCUT2D eigenvalue weighted by atomic mass is 16.4. The molecule has 1 N–H and O–H groups in total. The summed E-state index contributed by atoms with van der Waals surface area (Å²) < 4.78 is 0. The number of carbonyl (C=O) groups is 1. The predicted octanol–water partition coefficient (Wildman–Crippen LogP) is 4.13. The third-order valence-electron chi connectivity index (χ3n) is 4.90. The van der Waals surface area contributed by atoms with E-state index < -0.39 is 11.4 Å². The van der Waals surface area contributed by atoms with E-state index in [2.05, 4.69) is 32.9 Å². The summed E-state index contributed by atoms with van der Waals surface area (Å²) in [6.07, 6.45) is 4.52.